The SMILES string of the molecule is CCc1sc(C(=O)N(C)CC2(O)CCOCC2)cc1C. The normalized spacial score (nSPS) is 18.0. The van der Waals surface area contributed by atoms with E-state index in [0.717, 1.165) is 11.3 Å². The van der Waals surface area contributed by atoms with Crippen molar-refractivity contribution in [3.05, 3.63) is 21.4 Å². The van der Waals surface area contributed by atoms with Crippen molar-refractivity contribution in [2.75, 3.05) is 26.8 Å². The number of amides is 1. The predicted octanol–water partition coefficient (Wildman–Crippen LogP) is 2.23. The smallest absolute Gasteiger partial charge is 0.263 e. The van der Waals surface area contributed by atoms with E-state index in [1.807, 2.05) is 13.0 Å². The fourth-order valence-electron chi connectivity index (χ4n) is 2.59. The van der Waals surface area contributed by atoms with Gasteiger partial charge in [-0.15, -0.1) is 11.3 Å². The average molecular weight is 297 g/mol. The molecule has 0 aliphatic carbocycles. The lowest BCUT2D eigenvalue weighted by molar-refractivity contribution is -0.0733. The molecule has 0 atom stereocenters. The fourth-order valence-corrected chi connectivity index (χ4v) is 3.70. The maximum atomic E-state index is 12.4. The van der Waals surface area contributed by atoms with E-state index in [4.69, 9.17) is 4.74 Å². The van der Waals surface area contributed by atoms with Gasteiger partial charge in [0, 0.05) is 44.5 Å². The first-order valence-electron chi connectivity index (χ1n) is 7.10. The Hall–Kier alpha value is -0.910. The lowest BCUT2D eigenvalue weighted by Gasteiger charge is -2.35. The molecule has 5 heteroatoms. The Morgan fingerprint density at radius 2 is 2.15 bits per heavy atom. The van der Waals surface area contributed by atoms with Crippen molar-refractivity contribution in [1.29, 1.82) is 0 Å². The van der Waals surface area contributed by atoms with Crippen molar-refractivity contribution in [1.82, 2.24) is 4.90 Å². The van der Waals surface area contributed by atoms with Crippen molar-refractivity contribution in [2.24, 2.45) is 0 Å². The van der Waals surface area contributed by atoms with Crippen LogP contribution in [-0.2, 0) is 11.2 Å². The third-order valence-corrected chi connectivity index (χ3v) is 5.22. The zero-order valence-electron chi connectivity index (χ0n) is 12.4. The summed E-state index contributed by atoms with van der Waals surface area (Å²) >= 11 is 1.56. The first-order valence-corrected chi connectivity index (χ1v) is 7.92. The highest BCUT2D eigenvalue weighted by atomic mass is 32.1. The van der Waals surface area contributed by atoms with Crippen molar-refractivity contribution in [3.8, 4) is 0 Å². The number of aliphatic hydroxyl groups is 1. The van der Waals surface area contributed by atoms with Crippen molar-refractivity contribution in [3.63, 3.8) is 0 Å². The molecule has 1 N–H and O–H groups in total. The molecule has 1 amide bonds. The van der Waals surface area contributed by atoms with Crippen LogP contribution in [0.25, 0.3) is 0 Å². The number of nitrogens with zero attached hydrogens (tertiary/aromatic N) is 1. The van der Waals surface area contributed by atoms with Crippen molar-refractivity contribution >= 4 is 17.2 Å². The molecule has 1 saturated heterocycles. The van der Waals surface area contributed by atoms with Crippen LogP contribution >= 0.6 is 11.3 Å². The zero-order valence-corrected chi connectivity index (χ0v) is 13.3. The molecule has 112 valence electrons. The molecule has 0 aromatic carbocycles. The van der Waals surface area contributed by atoms with E-state index < -0.39 is 5.60 Å². The number of thiophene rings is 1. The Morgan fingerprint density at radius 3 is 2.70 bits per heavy atom. The molecule has 0 saturated carbocycles. The molecule has 0 bridgehead atoms. The second kappa shape index (κ2) is 6.24. The molecular weight excluding hydrogens is 274 g/mol. The molecule has 0 radical (unpaired) electrons. The van der Waals surface area contributed by atoms with Gasteiger partial charge in [-0.2, -0.15) is 0 Å². The van der Waals surface area contributed by atoms with Crippen LogP contribution in [0.5, 0.6) is 0 Å². The second-order valence-corrected chi connectivity index (χ2v) is 6.71. The standard InChI is InChI=1S/C15H23NO3S/c1-4-12-11(2)9-13(20-12)14(17)16(3)10-15(18)5-7-19-8-6-15/h9,18H,4-8,10H2,1-3H3. The largest absolute Gasteiger partial charge is 0.388 e. The number of carbonyl (C=O) groups excluding carboxylic acids is 1. The van der Waals surface area contributed by atoms with Gasteiger partial charge in [-0.3, -0.25) is 4.79 Å². The van der Waals surface area contributed by atoms with Gasteiger partial charge >= 0.3 is 0 Å². The minimum Gasteiger partial charge on any atom is -0.388 e. The maximum absolute atomic E-state index is 12.4. The predicted molar refractivity (Wildman–Crippen MR) is 80.4 cm³/mol. The molecule has 1 aromatic rings. The van der Waals surface area contributed by atoms with Gasteiger partial charge in [0.15, 0.2) is 0 Å². The summed E-state index contributed by atoms with van der Waals surface area (Å²) in [5.74, 6) is -0.00211. The Morgan fingerprint density at radius 1 is 1.50 bits per heavy atom. The molecule has 20 heavy (non-hydrogen) atoms. The zero-order chi connectivity index (χ0) is 14.8. The quantitative estimate of drug-likeness (QED) is 0.927. The van der Waals surface area contributed by atoms with Crippen LogP contribution in [0.15, 0.2) is 6.07 Å². The van der Waals surface area contributed by atoms with Gasteiger partial charge in [0.1, 0.15) is 0 Å². The van der Waals surface area contributed by atoms with Gasteiger partial charge in [0.25, 0.3) is 5.91 Å². The first kappa shape index (κ1) is 15.5. The minimum absolute atomic E-state index is 0.00211. The molecule has 1 aromatic heterocycles. The average Bonchev–Trinajstić information content (AvgIpc) is 2.79. The third-order valence-electron chi connectivity index (χ3n) is 3.85. The van der Waals surface area contributed by atoms with E-state index >= 15 is 0 Å². The molecule has 2 heterocycles. The summed E-state index contributed by atoms with van der Waals surface area (Å²) in [6, 6.07) is 1.95. The van der Waals surface area contributed by atoms with E-state index in [2.05, 4.69) is 6.92 Å². The molecular formula is C15H23NO3S. The van der Waals surface area contributed by atoms with Crippen LogP contribution in [0, 0.1) is 6.92 Å². The summed E-state index contributed by atoms with van der Waals surface area (Å²) in [5.41, 5.74) is 0.377. The van der Waals surface area contributed by atoms with Crippen LogP contribution < -0.4 is 0 Å². The van der Waals surface area contributed by atoms with Gasteiger partial charge in [-0.1, -0.05) is 6.92 Å². The highest BCUT2D eigenvalue weighted by Gasteiger charge is 2.32. The van der Waals surface area contributed by atoms with Crippen LogP contribution in [0.4, 0.5) is 0 Å². The Bertz CT molecular complexity index is 477. The van der Waals surface area contributed by atoms with Crippen LogP contribution in [0.2, 0.25) is 0 Å². The maximum Gasteiger partial charge on any atom is 0.263 e. The van der Waals surface area contributed by atoms with Crippen molar-refractivity contribution < 1.29 is 14.6 Å². The first-order chi connectivity index (χ1) is 9.45. The van der Waals surface area contributed by atoms with E-state index in [-0.39, 0.29) is 5.91 Å². The summed E-state index contributed by atoms with van der Waals surface area (Å²) in [7, 11) is 1.76. The Labute approximate surface area is 124 Å². The lowest BCUT2D eigenvalue weighted by Crippen LogP contribution is -2.47. The van der Waals surface area contributed by atoms with Crippen LogP contribution in [0.1, 0.15) is 39.9 Å². The van der Waals surface area contributed by atoms with Crippen LogP contribution in [0.3, 0.4) is 0 Å². The van der Waals surface area contributed by atoms with Crippen molar-refractivity contribution in [2.45, 2.75) is 38.7 Å². The number of hydrogen-bond donors (Lipinski definition) is 1. The molecule has 0 unspecified atom stereocenters. The molecule has 2 rings (SSSR count). The lowest BCUT2D eigenvalue weighted by atomic mass is 9.94. The van der Waals surface area contributed by atoms with Crippen LogP contribution in [-0.4, -0.2) is 48.3 Å². The fraction of sp³-hybridized carbons (Fsp3) is 0.667. The van der Waals surface area contributed by atoms with Gasteiger partial charge in [-0.05, 0) is 25.0 Å². The van der Waals surface area contributed by atoms with Gasteiger partial charge in [0.2, 0.25) is 0 Å². The van der Waals surface area contributed by atoms with Gasteiger partial charge in [0.05, 0.1) is 10.5 Å². The monoisotopic (exact) mass is 297 g/mol. The molecule has 0 spiro atoms. The number of aryl methyl sites for hydroxylation is 2. The molecule has 4 nitrogen and oxygen atoms in total. The van der Waals surface area contributed by atoms with E-state index in [1.54, 1.807) is 23.3 Å². The number of likely N-dealkylation sites (N-methyl/N-ethyl adjacent to an activating group) is 1. The van der Waals surface area contributed by atoms with Gasteiger partial charge < -0.3 is 14.7 Å². The highest BCUT2D eigenvalue weighted by molar-refractivity contribution is 7.14. The summed E-state index contributed by atoms with van der Waals surface area (Å²) < 4.78 is 5.26. The van der Waals surface area contributed by atoms with Gasteiger partial charge in [-0.25, -0.2) is 0 Å². The number of rotatable bonds is 4. The Balaban J connectivity index is 2.04. The summed E-state index contributed by atoms with van der Waals surface area (Å²) in [5, 5.41) is 10.5. The van der Waals surface area contributed by atoms with E-state index in [1.165, 1.54) is 10.4 Å². The Kier molecular flexibility index (Phi) is 4.83. The summed E-state index contributed by atoms with van der Waals surface area (Å²) in [6.45, 7) is 5.64. The topological polar surface area (TPSA) is 49.8 Å². The van der Waals surface area contributed by atoms with E-state index in [9.17, 15) is 9.90 Å². The molecule has 1 aliphatic rings. The summed E-state index contributed by atoms with van der Waals surface area (Å²) in [6.07, 6.45) is 2.14. The number of ether oxygens (including phenoxy) is 1. The second-order valence-electron chi connectivity index (χ2n) is 5.57. The molecule has 1 aliphatic heterocycles. The number of hydrogen-bond acceptors (Lipinski definition) is 4. The van der Waals surface area contributed by atoms with E-state index in [0.29, 0.717) is 32.6 Å². The minimum atomic E-state index is -0.803. The highest BCUT2D eigenvalue weighted by Crippen LogP contribution is 2.25. The summed E-state index contributed by atoms with van der Waals surface area (Å²) in [4.78, 5) is 16.1. The third kappa shape index (κ3) is 3.40. The number of carbonyl (C=O) groups is 1. The molecule has 1 fully saturated rings.